The molecule has 4 aromatic rings. The second kappa shape index (κ2) is 22.4. The number of ether oxygens (including phenoxy) is 1. The van der Waals surface area contributed by atoms with Crippen LogP contribution >= 0.6 is 23.4 Å². The number of hydrogen-bond donors (Lipinski definition) is 4. The molecule has 64 heavy (non-hydrogen) atoms. The monoisotopic (exact) mass is 961 g/mol. The first kappa shape index (κ1) is 49.3. The van der Waals surface area contributed by atoms with Gasteiger partial charge in [-0.3, -0.25) is 9.69 Å². The number of morpholine rings is 1. The van der Waals surface area contributed by atoms with E-state index in [-0.39, 0.29) is 17.8 Å². The van der Waals surface area contributed by atoms with Crippen molar-refractivity contribution in [2.45, 2.75) is 90.8 Å². The first-order valence-electron chi connectivity index (χ1n) is 21.3. The Kier molecular flexibility index (Phi) is 17.3. The van der Waals surface area contributed by atoms with Crippen LogP contribution in [0.3, 0.4) is 0 Å². The first-order chi connectivity index (χ1) is 30.5. The normalized spacial score (nSPS) is 18.3. The van der Waals surface area contributed by atoms with Crippen molar-refractivity contribution in [3.8, 4) is 0 Å². The maximum atomic E-state index is 14.2. The van der Waals surface area contributed by atoms with Gasteiger partial charge in [0.25, 0.3) is 25.8 Å². The van der Waals surface area contributed by atoms with Crippen molar-refractivity contribution in [1.29, 1.82) is 0 Å². The van der Waals surface area contributed by atoms with Crippen molar-refractivity contribution in [1.82, 2.24) is 14.9 Å². The van der Waals surface area contributed by atoms with Crippen LogP contribution in [0.2, 0.25) is 5.02 Å². The van der Waals surface area contributed by atoms with Crippen molar-refractivity contribution >= 4 is 66.1 Å². The average Bonchev–Trinajstić information content (AvgIpc) is 3.50. The van der Waals surface area contributed by atoms with Crippen molar-refractivity contribution in [3.63, 3.8) is 0 Å². The lowest BCUT2D eigenvalue weighted by atomic mass is 9.96. The fourth-order valence-electron chi connectivity index (χ4n) is 7.93. The third-order valence-electron chi connectivity index (χ3n) is 11.1. The van der Waals surface area contributed by atoms with Gasteiger partial charge in [-0.05, 0) is 124 Å². The topological polar surface area (TPSA) is 146 Å². The minimum absolute atomic E-state index is 0.0162. The molecule has 0 radical (unpaired) electrons. The van der Waals surface area contributed by atoms with Gasteiger partial charge in [0, 0.05) is 72.2 Å². The molecule has 0 aromatic heterocycles. The van der Waals surface area contributed by atoms with E-state index in [1.54, 1.807) is 12.1 Å². The van der Waals surface area contributed by atoms with Crippen LogP contribution in [-0.2, 0) is 24.6 Å². The number of allylic oxidation sites excluding steroid dienone is 1. The van der Waals surface area contributed by atoms with E-state index in [9.17, 15) is 34.8 Å². The maximum Gasteiger partial charge on any atom is 0.501 e. The molecular weight excluding hydrogens is 907 g/mol. The van der Waals surface area contributed by atoms with Gasteiger partial charge in [0.15, 0.2) is 0 Å². The van der Waals surface area contributed by atoms with E-state index in [2.05, 4.69) is 33.0 Å². The molecule has 4 N–H and O–H groups in total. The Morgan fingerprint density at radius 2 is 1.56 bits per heavy atom. The van der Waals surface area contributed by atoms with Crippen LogP contribution in [0, 0.1) is 0 Å². The molecule has 6 rings (SSSR count). The molecule has 0 bridgehead atoms. The molecule has 1 fully saturated rings. The fraction of sp³-hybridized carbons (Fsp3) is 0.413. The molecule has 1 aliphatic heterocycles. The van der Waals surface area contributed by atoms with Gasteiger partial charge < -0.3 is 20.7 Å². The minimum Gasteiger partial charge on any atom is -0.384 e. The van der Waals surface area contributed by atoms with Gasteiger partial charge in [0.05, 0.1) is 22.8 Å². The molecule has 3 atom stereocenters. The second-order valence-electron chi connectivity index (χ2n) is 16.1. The Morgan fingerprint density at radius 3 is 2.25 bits per heavy atom. The molecule has 0 saturated carbocycles. The summed E-state index contributed by atoms with van der Waals surface area (Å²) in [5.74, 6) is -0.689. The largest absolute Gasteiger partial charge is 0.501 e. The Labute approximate surface area is 383 Å². The number of anilines is 2. The lowest BCUT2D eigenvalue weighted by Crippen LogP contribution is -2.46. The van der Waals surface area contributed by atoms with Gasteiger partial charge in [-0.1, -0.05) is 53.9 Å². The number of amides is 1. The highest BCUT2D eigenvalue weighted by molar-refractivity contribution is 7.99. The lowest BCUT2D eigenvalue weighted by Gasteiger charge is -2.36. The summed E-state index contributed by atoms with van der Waals surface area (Å²) in [5.41, 5.74) is -1.57. The van der Waals surface area contributed by atoms with Crippen LogP contribution in [0.15, 0.2) is 117 Å². The van der Waals surface area contributed by atoms with E-state index in [4.69, 9.17) is 16.3 Å². The summed E-state index contributed by atoms with van der Waals surface area (Å²) in [5, 5.41) is 10.5. The summed E-state index contributed by atoms with van der Waals surface area (Å²) >= 11 is 7.57. The molecule has 0 unspecified atom stereocenters. The molecule has 2 aliphatic rings. The lowest BCUT2D eigenvalue weighted by molar-refractivity contribution is -0.0682. The Bertz CT molecular complexity index is 2430. The molecular formula is C46H55ClF3N5O6S3. The molecule has 346 valence electrons. The van der Waals surface area contributed by atoms with Crippen molar-refractivity contribution in [3.05, 3.63) is 119 Å². The molecule has 11 nitrogen and oxygen atoms in total. The SMILES string of the molecule is C[C@@H]1CN(CC[C@H](CSc2ccccc2)Nc2ccc(S(=O)(=O)NC(=O)c3ccc(NCCNCC4=C(c5ccc(Cl)cc5)CCCCC4)cc3)cc2S(=O)(=O)C(F)(F)F)C[C@H](C)O1. The summed E-state index contributed by atoms with van der Waals surface area (Å²) in [6.07, 6.45) is 5.92. The van der Waals surface area contributed by atoms with E-state index < -0.39 is 52.8 Å². The fourth-order valence-corrected chi connectivity index (χ4v) is 11.1. The number of thioether (sulfide) groups is 1. The highest BCUT2D eigenvalue weighted by Gasteiger charge is 2.48. The van der Waals surface area contributed by atoms with Gasteiger partial charge in [-0.25, -0.2) is 21.6 Å². The third-order valence-corrected chi connectivity index (χ3v) is 15.4. The summed E-state index contributed by atoms with van der Waals surface area (Å²) < 4.78 is 103. The number of sulfone groups is 1. The Morgan fingerprint density at radius 1 is 0.875 bits per heavy atom. The van der Waals surface area contributed by atoms with Crippen molar-refractivity contribution in [2.75, 3.05) is 55.7 Å². The van der Waals surface area contributed by atoms with Gasteiger partial charge in [0.2, 0.25) is 0 Å². The van der Waals surface area contributed by atoms with Crippen LogP contribution in [0.5, 0.6) is 0 Å². The molecule has 18 heteroatoms. The second-order valence-corrected chi connectivity index (χ2v) is 21.3. The van der Waals surface area contributed by atoms with Gasteiger partial charge >= 0.3 is 5.51 Å². The van der Waals surface area contributed by atoms with Crippen LogP contribution in [0.4, 0.5) is 24.5 Å². The molecule has 1 heterocycles. The number of carbonyl (C=O) groups is 1. The Hall–Kier alpha value is -4.10. The van der Waals surface area contributed by atoms with Crippen LogP contribution in [0.1, 0.15) is 68.3 Å². The number of nitrogens with zero attached hydrogens (tertiary/aromatic N) is 1. The zero-order valence-corrected chi connectivity index (χ0v) is 39.0. The predicted molar refractivity (Wildman–Crippen MR) is 249 cm³/mol. The van der Waals surface area contributed by atoms with Gasteiger partial charge in [-0.2, -0.15) is 13.2 Å². The number of sulfonamides is 1. The standard InChI is InChI=1S/C46H55ClF3N5O6S3/c1-32-29-55(30-33(2)61-32)26-23-39(31-62-40-10-6-4-7-11-40)53-43-22-21-41(27-44(43)63(57,58)46(48,49)50)64(59,60)54-45(56)35-15-19-38(20-16-35)52-25-24-51-28-36-9-5-3-8-12-42(36)34-13-17-37(47)18-14-34/h4,6-7,10-11,13-22,27,32-33,39,51-53H,3,5,8-9,12,23-26,28-31H2,1-2H3,(H,54,56)/t32-,33+,39-/m1/s1. The van der Waals surface area contributed by atoms with E-state index in [0.717, 1.165) is 49.3 Å². The highest BCUT2D eigenvalue weighted by Crippen LogP contribution is 2.37. The van der Waals surface area contributed by atoms with Crippen LogP contribution in [0.25, 0.3) is 5.57 Å². The van der Waals surface area contributed by atoms with Crippen molar-refractivity contribution < 1.29 is 39.5 Å². The third kappa shape index (κ3) is 13.7. The number of hydrogen-bond acceptors (Lipinski definition) is 11. The molecule has 4 aromatic carbocycles. The maximum absolute atomic E-state index is 14.2. The zero-order chi connectivity index (χ0) is 45.9. The van der Waals surface area contributed by atoms with Crippen molar-refractivity contribution in [2.24, 2.45) is 0 Å². The van der Waals surface area contributed by atoms with E-state index in [1.165, 1.54) is 47.0 Å². The number of benzene rings is 4. The number of carbonyl (C=O) groups excluding carboxylic acids is 1. The number of rotatable bonds is 19. The Balaban J connectivity index is 1.10. The predicted octanol–water partition coefficient (Wildman–Crippen LogP) is 9.24. The average molecular weight is 963 g/mol. The summed E-state index contributed by atoms with van der Waals surface area (Å²) in [4.78, 5) is 14.2. The van der Waals surface area contributed by atoms with E-state index in [0.29, 0.717) is 61.7 Å². The summed E-state index contributed by atoms with van der Waals surface area (Å²) in [7, 11) is -10.9. The smallest absolute Gasteiger partial charge is 0.384 e. The number of nitrogens with one attached hydrogen (secondary N) is 4. The number of alkyl halides is 3. The van der Waals surface area contributed by atoms with Gasteiger partial charge in [0.1, 0.15) is 4.90 Å². The minimum atomic E-state index is -6.06. The summed E-state index contributed by atoms with van der Waals surface area (Å²) in [6, 6.07) is 25.2. The first-order valence-corrected chi connectivity index (χ1v) is 25.7. The van der Waals surface area contributed by atoms with Gasteiger partial charge in [-0.15, -0.1) is 11.8 Å². The quantitative estimate of drug-likeness (QED) is 0.0527. The summed E-state index contributed by atoms with van der Waals surface area (Å²) in [6.45, 7) is 7.74. The van der Waals surface area contributed by atoms with E-state index in [1.807, 2.05) is 61.0 Å². The zero-order valence-electron chi connectivity index (χ0n) is 35.8. The molecule has 1 amide bonds. The molecule has 1 saturated heterocycles. The number of halogens is 4. The van der Waals surface area contributed by atoms with E-state index >= 15 is 0 Å². The molecule has 1 aliphatic carbocycles. The molecule has 0 spiro atoms. The van der Waals surface area contributed by atoms with Crippen LogP contribution < -0.4 is 20.7 Å². The highest BCUT2D eigenvalue weighted by atomic mass is 35.5. The van der Waals surface area contributed by atoms with Crippen LogP contribution in [-0.4, -0.2) is 96.4 Å².